The van der Waals surface area contributed by atoms with E-state index in [1.54, 1.807) is 0 Å². The van der Waals surface area contributed by atoms with Gasteiger partial charge in [0.25, 0.3) is 0 Å². The summed E-state index contributed by atoms with van der Waals surface area (Å²) in [6, 6.07) is -0.122. The third kappa shape index (κ3) is 1.09. The highest BCUT2D eigenvalue weighted by Gasteiger charge is 2.40. The van der Waals surface area contributed by atoms with E-state index in [1.807, 2.05) is 0 Å². The van der Waals surface area contributed by atoms with Gasteiger partial charge in [0.1, 0.15) is 0 Å². The summed E-state index contributed by atoms with van der Waals surface area (Å²) in [6.45, 7) is 0. The molecule has 3 unspecified atom stereocenters. The van der Waals surface area contributed by atoms with Crippen LogP contribution in [0.25, 0.3) is 0 Å². The van der Waals surface area contributed by atoms with Crippen LogP contribution in [0.1, 0.15) is 32.1 Å². The quantitative estimate of drug-likeness (QED) is 0.566. The van der Waals surface area contributed by atoms with Gasteiger partial charge in [-0.25, -0.2) is 0 Å². The summed E-state index contributed by atoms with van der Waals surface area (Å²) in [4.78, 5) is 11.4. The van der Waals surface area contributed by atoms with Crippen LogP contribution in [-0.4, -0.2) is 11.8 Å². The third-order valence-electron chi connectivity index (χ3n) is 3.20. The summed E-state index contributed by atoms with van der Waals surface area (Å²) in [6.07, 6.45) is 5.85. The van der Waals surface area contributed by atoms with Crippen molar-refractivity contribution in [3.63, 3.8) is 0 Å². The van der Waals surface area contributed by atoms with Gasteiger partial charge in [0, 0.05) is 5.92 Å². The minimum Gasteiger partial charge on any atom is -0.321 e. The zero-order chi connectivity index (χ0) is 7.84. The van der Waals surface area contributed by atoms with Crippen molar-refractivity contribution in [2.45, 2.75) is 38.1 Å². The van der Waals surface area contributed by atoms with Gasteiger partial charge in [0.15, 0.2) is 5.78 Å². The van der Waals surface area contributed by atoms with E-state index >= 15 is 0 Å². The zero-order valence-electron chi connectivity index (χ0n) is 6.75. The molecule has 3 atom stereocenters. The average molecular weight is 153 g/mol. The van der Waals surface area contributed by atoms with E-state index in [2.05, 4.69) is 0 Å². The smallest absolute Gasteiger partial charge is 0.152 e. The summed E-state index contributed by atoms with van der Waals surface area (Å²) < 4.78 is 0. The number of Topliss-reactive ketones (excluding diaryl/α,β-unsaturated/α-hetero) is 1. The van der Waals surface area contributed by atoms with Gasteiger partial charge in [-0.05, 0) is 25.2 Å². The van der Waals surface area contributed by atoms with E-state index in [0.717, 1.165) is 12.8 Å². The second kappa shape index (κ2) is 2.59. The molecule has 0 aliphatic heterocycles. The number of rotatable bonds is 0. The first-order valence-corrected chi connectivity index (χ1v) is 4.58. The van der Waals surface area contributed by atoms with Crippen molar-refractivity contribution >= 4 is 5.78 Å². The molecule has 2 rings (SSSR count). The molecule has 62 valence electrons. The maximum absolute atomic E-state index is 11.4. The van der Waals surface area contributed by atoms with Crippen molar-refractivity contribution < 1.29 is 4.79 Å². The van der Waals surface area contributed by atoms with Crippen molar-refractivity contribution in [3.05, 3.63) is 0 Å². The number of carbonyl (C=O) groups is 1. The summed E-state index contributed by atoms with van der Waals surface area (Å²) in [5.74, 6) is 1.33. The molecule has 2 aliphatic carbocycles. The van der Waals surface area contributed by atoms with Gasteiger partial charge in [-0.3, -0.25) is 4.79 Å². The maximum atomic E-state index is 11.4. The Hall–Kier alpha value is -0.370. The predicted octanol–water partition coefficient (Wildman–Crippen LogP) is 1.09. The topological polar surface area (TPSA) is 43.1 Å². The molecular weight excluding hydrogens is 138 g/mol. The van der Waals surface area contributed by atoms with Crippen LogP contribution >= 0.6 is 0 Å². The number of fused-ring (bicyclic) bond motifs is 1. The first-order chi connectivity index (χ1) is 5.29. The monoisotopic (exact) mass is 153 g/mol. The number of hydrogen-bond donors (Lipinski definition) is 1. The molecule has 0 aromatic rings. The van der Waals surface area contributed by atoms with E-state index in [4.69, 9.17) is 5.73 Å². The van der Waals surface area contributed by atoms with Gasteiger partial charge in [-0.2, -0.15) is 0 Å². The highest BCUT2D eigenvalue weighted by Crippen LogP contribution is 2.39. The molecule has 0 aromatic heterocycles. The van der Waals surface area contributed by atoms with Crippen molar-refractivity contribution in [1.29, 1.82) is 0 Å². The molecule has 11 heavy (non-hydrogen) atoms. The van der Waals surface area contributed by atoms with E-state index in [1.165, 1.54) is 19.3 Å². The lowest BCUT2D eigenvalue weighted by atomic mass is 9.81. The second-order valence-electron chi connectivity index (χ2n) is 3.90. The maximum Gasteiger partial charge on any atom is 0.152 e. The Balaban J connectivity index is 2.11. The molecule has 2 heteroatoms. The fourth-order valence-corrected chi connectivity index (χ4v) is 2.58. The van der Waals surface area contributed by atoms with Crippen LogP contribution in [0.5, 0.6) is 0 Å². The zero-order valence-corrected chi connectivity index (χ0v) is 6.75. The summed E-state index contributed by atoms with van der Waals surface area (Å²) in [5, 5.41) is 0. The van der Waals surface area contributed by atoms with Crippen molar-refractivity contribution in [2.75, 3.05) is 0 Å². The highest BCUT2D eigenvalue weighted by atomic mass is 16.1. The van der Waals surface area contributed by atoms with Crippen LogP contribution in [-0.2, 0) is 4.79 Å². The van der Waals surface area contributed by atoms with Crippen molar-refractivity contribution in [3.8, 4) is 0 Å². The largest absolute Gasteiger partial charge is 0.321 e. The Morgan fingerprint density at radius 2 is 2.00 bits per heavy atom. The Morgan fingerprint density at radius 3 is 2.73 bits per heavy atom. The summed E-state index contributed by atoms with van der Waals surface area (Å²) >= 11 is 0. The third-order valence-corrected chi connectivity index (χ3v) is 3.20. The minimum absolute atomic E-state index is 0.122. The van der Waals surface area contributed by atoms with Crippen LogP contribution in [0.3, 0.4) is 0 Å². The molecule has 2 N–H and O–H groups in total. The molecule has 2 aliphatic rings. The van der Waals surface area contributed by atoms with Crippen LogP contribution in [0.4, 0.5) is 0 Å². The van der Waals surface area contributed by atoms with Gasteiger partial charge in [0.2, 0.25) is 0 Å². The van der Waals surface area contributed by atoms with Gasteiger partial charge in [0.05, 0.1) is 6.04 Å². The van der Waals surface area contributed by atoms with Gasteiger partial charge in [-0.1, -0.05) is 12.8 Å². The Morgan fingerprint density at radius 1 is 1.27 bits per heavy atom. The fraction of sp³-hybridized carbons (Fsp3) is 0.889. The normalized spacial score (nSPS) is 44.1. The van der Waals surface area contributed by atoms with Crippen molar-refractivity contribution in [2.24, 2.45) is 17.6 Å². The average Bonchev–Trinajstić information content (AvgIpc) is 2.30. The molecule has 2 fully saturated rings. The molecular formula is C9H15NO. The number of hydrogen-bond acceptors (Lipinski definition) is 2. The lowest BCUT2D eigenvalue weighted by Crippen LogP contribution is -2.27. The van der Waals surface area contributed by atoms with E-state index in [-0.39, 0.29) is 6.04 Å². The Bertz CT molecular complexity index is 178. The van der Waals surface area contributed by atoms with Gasteiger partial charge >= 0.3 is 0 Å². The van der Waals surface area contributed by atoms with Crippen molar-refractivity contribution in [1.82, 2.24) is 0 Å². The fourth-order valence-electron chi connectivity index (χ4n) is 2.58. The van der Waals surface area contributed by atoms with E-state index in [9.17, 15) is 4.79 Å². The van der Waals surface area contributed by atoms with Crippen LogP contribution in [0.15, 0.2) is 0 Å². The van der Waals surface area contributed by atoms with Crippen LogP contribution in [0.2, 0.25) is 0 Å². The second-order valence-corrected chi connectivity index (χ2v) is 3.90. The SMILES string of the molecule is NC1CC2CCCCC2C1=O. The number of nitrogens with two attached hydrogens (primary N) is 1. The predicted molar refractivity (Wildman–Crippen MR) is 43.0 cm³/mol. The standard InChI is InChI=1S/C9H15NO/c10-8-5-6-3-1-2-4-7(6)9(8)11/h6-8H,1-5,10H2. The molecule has 0 aromatic carbocycles. The molecule has 0 heterocycles. The minimum atomic E-state index is -0.122. The lowest BCUT2D eigenvalue weighted by Gasteiger charge is -2.22. The molecule has 2 nitrogen and oxygen atoms in total. The molecule has 0 bridgehead atoms. The van der Waals surface area contributed by atoms with E-state index < -0.39 is 0 Å². The van der Waals surface area contributed by atoms with Crippen LogP contribution < -0.4 is 5.73 Å². The van der Waals surface area contributed by atoms with Gasteiger partial charge in [-0.15, -0.1) is 0 Å². The first-order valence-electron chi connectivity index (χ1n) is 4.58. The first kappa shape index (κ1) is 7.29. The van der Waals surface area contributed by atoms with E-state index in [0.29, 0.717) is 17.6 Å². The van der Waals surface area contributed by atoms with Crippen LogP contribution in [0, 0.1) is 11.8 Å². The molecule has 0 amide bonds. The summed E-state index contributed by atoms with van der Waals surface area (Å²) in [5.41, 5.74) is 5.69. The van der Waals surface area contributed by atoms with Gasteiger partial charge < -0.3 is 5.73 Å². The Labute approximate surface area is 67.1 Å². The molecule has 0 saturated heterocycles. The summed E-state index contributed by atoms with van der Waals surface area (Å²) in [7, 11) is 0. The molecule has 0 spiro atoms. The number of ketones is 1. The lowest BCUT2D eigenvalue weighted by molar-refractivity contribution is -0.122. The molecule has 2 saturated carbocycles. The Kier molecular flexibility index (Phi) is 1.72. The number of carbonyl (C=O) groups excluding carboxylic acids is 1. The molecule has 0 radical (unpaired) electrons. The highest BCUT2D eigenvalue weighted by molar-refractivity contribution is 5.88.